The van der Waals surface area contributed by atoms with Crippen LogP contribution in [0.3, 0.4) is 0 Å². The predicted octanol–water partition coefficient (Wildman–Crippen LogP) is 3.77. The minimum Gasteiger partial charge on any atom is -0.490 e. The summed E-state index contributed by atoms with van der Waals surface area (Å²) >= 11 is 0. The van der Waals surface area contributed by atoms with Crippen molar-refractivity contribution < 1.29 is 37.9 Å². The number of morpholine rings is 4. The van der Waals surface area contributed by atoms with Crippen molar-refractivity contribution in [1.82, 2.24) is 21.3 Å². The number of benzene rings is 2. The van der Waals surface area contributed by atoms with Crippen LogP contribution in [0.5, 0.6) is 23.0 Å². The zero-order valence-electron chi connectivity index (χ0n) is 32.8. The van der Waals surface area contributed by atoms with Gasteiger partial charge >= 0.3 is 0 Å². The zero-order chi connectivity index (χ0) is 37.2. The van der Waals surface area contributed by atoms with E-state index in [9.17, 15) is 0 Å². The first-order valence-corrected chi connectivity index (χ1v) is 20.6. The van der Waals surface area contributed by atoms with Crippen molar-refractivity contribution in [2.75, 3.05) is 105 Å². The second kappa shape index (κ2) is 22.8. The minimum absolute atomic E-state index is 0.313. The quantitative estimate of drug-likeness (QED) is 0.149. The topological polar surface area (TPSA) is 122 Å². The third-order valence-corrected chi connectivity index (χ3v) is 11.0. The minimum atomic E-state index is 0.313. The molecule has 2 aromatic carbocycles. The molecule has 6 rings (SSSR count). The number of hydrogen-bond donors (Lipinski definition) is 4. The van der Waals surface area contributed by atoms with E-state index in [4.69, 9.17) is 37.9 Å². The van der Waals surface area contributed by atoms with Crippen LogP contribution in [-0.4, -0.2) is 130 Å². The molecule has 6 atom stereocenters. The smallest absolute Gasteiger partial charge is 0.161 e. The predicted molar refractivity (Wildman–Crippen MR) is 210 cm³/mol. The fourth-order valence-electron chi connectivity index (χ4n) is 7.43. The lowest BCUT2D eigenvalue weighted by Gasteiger charge is -2.25. The molecule has 0 bridgehead atoms. The van der Waals surface area contributed by atoms with E-state index in [2.05, 4.69) is 71.5 Å². The monoisotopic (exact) mass is 754 g/mol. The van der Waals surface area contributed by atoms with Crippen LogP contribution in [0.2, 0.25) is 0 Å². The van der Waals surface area contributed by atoms with Crippen molar-refractivity contribution >= 4 is 0 Å². The van der Waals surface area contributed by atoms with Gasteiger partial charge in [-0.25, -0.2) is 0 Å². The molecule has 4 N–H and O–H groups in total. The normalized spacial score (nSPS) is 24.7. The molecular weight excluding hydrogens is 688 g/mol. The van der Waals surface area contributed by atoms with Crippen molar-refractivity contribution in [2.45, 2.75) is 76.5 Å². The van der Waals surface area contributed by atoms with Crippen LogP contribution in [-0.2, 0) is 31.8 Å². The molecule has 12 nitrogen and oxygen atoms in total. The standard InChI is InChI=1S/C42H66N4O8/c1-31(23-33-3-5-39(51-15-7-35-27-47-19-11-43-35)41(25-33)53-17-9-37-29-49-21-13-45-37)32(2)24-34-4-6-40(52-16-8-36-28-48-20-12-44-36)42(26-34)54-18-10-38-30-50-22-14-46-38/h3-6,25-26,31-32,35-38,43-46H,7-24,27-30H2,1-2H3. The first-order valence-electron chi connectivity index (χ1n) is 20.6. The second-order valence-corrected chi connectivity index (χ2v) is 15.4. The molecule has 12 heteroatoms. The molecule has 0 radical (unpaired) electrons. The molecule has 302 valence electrons. The summed E-state index contributed by atoms with van der Waals surface area (Å²) in [6.45, 7) is 16.7. The van der Waals surface area contributed by atoms with Gasteiger partial charge in [-0.2, -0.15) is 0 Å². The van der Waals surface area contributed by atoms with Gasteiger partial charge in [0.25, 0.3) is 0 Å². The number of hydrogen-bond acceptors (Lipinski definition) is 12. The molecule has 4 fully saturated rings. The largest absolute Gasteiger partial charge is 0.490 e. The molecule has 0 saturated carbocycles. The number of ether oxygens (including phenoxy) is 8. The fraction of sp³-hybridized carbons (Fsp3) is 0.714. The Kier molecular flexibility index (Phi) is 17.3. The average Bonchev–Trinajstić information content (AvgIpc) is 3.21. The highest BCUT2D eigenvalue weighted by Crippen LogP contribution is 2.33. The second-order valence-electron chi connectivity index (χ2n) is 15.4. The maximum atomic E-state index is 6.41. The van der Waals surface area contributed by atoms with Crippen LogP contribution in [0, 0.1) is 11.8 Å². The molecule has 4 heterocycles. The Hall–Kier alpha value is -2.68. The van der Waals surface area contributed by atoms with E-state index in [1.54, 1.807) is 0 Å². The van der Waals surface area contributed by atoms with Crippen LogP contribution < -0.4 is 40.2 Å². The highest BCUT2D eigenvalue weighted by Gasteiger charge is 2.20. The van der Waals surface area contributed by atoms with Gasteiger partial charge in [-0.3, -0.25) is 0 Å². The lowest BCUT2D eigenvalue weighted by molar-refractivity contribution is 0.0675. The highest BCUT2D eigenvalue weighted by atomic mass is 16.5. The Bertz CT molecular complexity index is 1240. The number of nitrogens with one attached hydrogen (secondary N) is 4. The summed E-state index contributed by atoms with van der Waals surface area (Å²) in [5.74, 6) is 4.11. The molecule has 4 saturated heterocycles. The molecule has 2 aromatic rings. The van der Waals surface area contributed by atoms with E-state index in [0.717, 1.165) is 141 Å². The van der Waals surface area contributed by atoms with Crippen molar-refractivity contribution in [3.63, 3.8) is 0 Å². The Morgan fingerprint density at radius 1 is 0.481 bits per heavy atom. The summed E-state index contributed by atoms with van der Waals surface area (Å²) < 4.78 is 48.0. The first kappa shape index (κ1) is 41.0. The van der Waals surface area contributed by atoms with E-state index in [0.29, 0.717) is 62.4 Å². The third-order valence-electron chi connectivity index (χ3n) is 11.0. The molecule has 0 amide bonds. The average molecular weight is 755 g/mol. The van der Waals surface area contributed by atoms with Crippen LogP contribution in [0.1, 0.15) is 50.7 Å². The van der Waals surface area contributed by atoms with Gasteiger partial charge in [0.05, 0.1) is 79.3 Å². The Morgan fingerprint density at radius 3 is 1.09 bits per heavy atom. The van der Waals surface area contributed by atoms with Gasteiger partial charge in [0.2, 0.25) is 0 Å². The fourth-order valence-corrected chi connectivity index (χ4v) is 7.43. The summed E-state index contributed by atoms with van der Waals surface area (Å²) in [6, 6.07) is 14.2. The first-order chi connectivity index (χ1) is 26.6. The molecule has 4 aliphatic heterocycles. The summed E-state index contributed by atoms with van der Waals surface area (Å²) in [5, 5.41) is 14.1. The number of rotatable bonds is 21. The molecule has 0 aromatic heterocycles. The van der Waals surface area contributed by atoms with E-state index >= 15 is 0 Å². The van der Waals surface area contributed by atoms with Gasteiger partial charge in [0.1, 0.15) is 0 Å². The van der Waals surface area contributed by atoms with Gasteiger partial charge in [-0.1, -0.05) is 26.0 Å². The molecule has 4 aliphatic rings. The molecule has 0 aliphatic carbocycles. The Balaban J connectivity index is 1.05. The van der Waals surface area contributed by atoms with E-state index in [1.165, 1.54) is 11.1 Å². The van der Waals surface area contributed by atoms with Crippen molar-refractivity contribution in [3.05, 3.63) is 47.5 Å². The van der Waals surface area contributed by atoms with Crippen LogP contribution in [0.15, 0.2) is 36.4 Å². The summed E-state index contributed by atoms with van der Waals surface area (Å²) in [5.41, 5.74) is 2.51. The van der Waals surface area contributed by atoms with Crippen molar-refractivity contribution in [2.24, 2.45) is 11.8 Å². The highest BCUT2D eigenvalue weighted by molar-refractivity contribution is 5.44. The van der Waals surface area contributed by atoms with Gasteiger partial charge in [0, 0.05) is 50.3 Å². The lowest BCUT2D eigenvalue weighted by Crippen LogP contribution is -2.42. The molecular formula is C42H66N4O8. The molecule has 54 heavy (non-hydrogen) atoms. The van der Waals surface area contributed by atoms with Gasteiger partial charge < -0.3 is 59.2 Å². The summed E-state index contributed by atoms with van der Waals surface area (Å²) in [4.78, 5) is 0. The van der Waals surface area contributed by atoms with E-state index < -0.39 is 0 Å². The van der Waals surface area contributed by atoms with E-state index in [-0.39, 0.29) is 0 Å². The maximum Gasteiger partial charge on any atom is 0.161 e. The zero-order valence-corrected chi connectivity index (χ0v) is 32.8. The van der Waals surface area contributed by atoms with Gasteiger partial charge in [-0.15, -0.1) is 0 Å². The van der Waals surface area contributed by atoms with Gasteiger partial charge in [-0.05, 0) is 85.8 Å². The van der Waals surface area contributed by atoms with Crippen LogP contribution in [0.25, 0.3) is 0 Å². The summed E-state index contributed by atoms with van der Waals surface area (Å²) in [7, 11) is 0. The summed E-state index contributed by atoms with van der Waals surface area (Å²) in [6.07, 6.45) is 5.43. The van der Waals surface area contributed by atoms with Crippen molar-refractivity contribution in [3.8, 4) is 23.0 Å². The Morgan fingerprint density at radius 2 is 0.796 bits per heavy atom. The van der Waals surface area contributed by atoms with Crippen LogP contribution in [0.4, 0.5) is 0 Å². The molecule has 0 spiro atoms. The van der Waals surface area contributed by atoms with Gasteiger partial charge in [0.15, 0.2) is 23.0 Å². The third kappa shape index (κ3) is 13.8. The SMILES string of the molecule is CC(Cc1ccc(OCCC2COCCN2)c(OCCC2COCCN2)c1)C(C)Cc1ccc(OCCC2COCCN2)c(OCCC2COCCN2)c1. The Labute approximate surface area is 323 Å². The molecule has 6 unspecified atom stereocenters. The van der Waals surface area contributed by atoms with E-state index in [1.807, 2.05) is 0 Å². The lowest BCUT2D eigenvalue weighted by atomic mass is 9.85. The van der Waals surface area contributed by atoms with Crippen molar-refractivity contribution in [1.29, 1.82) is 0 Å². The maximum absolute atomic E-state index is 6.41. The van der Waals surface area contributed by atoms with Crippen LogP contribution >= 0.6 is 0 Å².